The largest absolute Gasteiger partial charge is 0.338 e. The maximum Gasteiger partial charge on any atom is 0.223 e. The lowest BCUT2D eigenvalue weighted by Gasteiger charge is -2.17. The zero-order valence-electron chi connectivity index (χ0n) is 9.04. The van der Waals surface area contributed by atoms with Gasteiger partial charge in [-0.15, -0.1) is 0 Å². The number of likely N-dealkylation sites (tertiary alicyclic amines) is 1. The molecule has 1 aromatic carbocycles. The Balaban J connectivity index is 2.12. The van der Waals surface area contributed by atoms with Gasteiger partial charge in [0.05, 0.1) is 0 Å². The van der Waals surface area contributed by atoms with E-state index in [2.05, 4.69) is 22.9 Å². The van der Waals surface area contributed by atoms with Crippen molar-refractivity contribution in [2.75, 3.05) is 6.54 Å². The van der Waals surface area contributed by atoms with Crippen molar-refractivity contribution in [2.45, 2.75) is 19.9 Å². The van der Waals surface area contributed by atoms with E-state index in [1.165, 1.54) is 0 Å². The fourth-order valence-corrected chi connectivity index (χ4v) is 2.71. The third-order valence-corrected chi connectivity index (χ3v) is 3.63. The molecule has 1 amide bonds. The minimum atomic E-state index is 0.228. The van der Waals surface area contributed by atoms with Gasteiger partial charge >= 0.3 is 0 Å². The van der Waals surface area contributed by atoms with Crippen LogP contribution < -0.4 is 0 Å². The first-order valence-electron chi connectivity index (χ1n) is 5.28. The normalized spacial score (nSPS) is 20.6. The van der Waals surface area contributed by atoms with Crippen LogP contribution in [0, 0.1) is 5.92 Å². The molecule has 0 aromatic heterocycles. The van der Waals surface area contributed by atoms with Gasteiger partial charge in [0.1, 0.15) is 0 Å². The van der Waals surface area contributed by atoms with Gasteiger partial charge in [-0.2, -0.15) is 0 Å². The lowest BCUT2D eigenvalue weighted by atomic mass is 10.2. The molecule has 0 spiro atoms. The van der Waals surface area contributed by atoms with E-state index in [0.717, 1.165) is 16.6 Å². The molecule has 1 fully saturated rings. The van der Waals surface area contributed by atoms with Crippen molar-refractivity contribution in [3.8, 4) is 0 Å². The molecule has 4 heteroatoms. The van der Waals surface area contributed by atoms with Gasteiger partial charge in [0.2, 0.25) is 5.91 Å². The molecule has 0 saturated carbocycles. The van der Waals surface area contributed by atoms with Gasteiger partial charge in [0.25, 0.3) is 0 Å². The minimum Gasteiger partial charge on any atom is -0.338 e. The lowest BCUT2D eigenvalue weighted by Crippen LogP contribution is -2.24. The second-order valence-corrected chi connectivity index (χ2v) is 5.64. The molecule has 0 radical (unpaired) electrons. The number of amides is 1. The standard InChI is InChI=1S/C12H13BrClNO/c1-8-4-12(16)15(6-8)7-9-2-3-10(13)5-11(9)14/h2-3,5,8H,4,6-7H2,1H3. The number of hydrogen-bond donors (Lipinski definition) is 0. The summed E-state index contributed by atoms with van der Waals surface area (Å²) in [4.78, 5) is 13.5. The van der Waals surface area contributed by atoms with E-state index in [-0.39, 0.29) is 5.91 Å². The quantitative estimate of drug-likeness (QED) is 0.819. The first-order valence-corrected chi connectivity index (χ1v) is 6.45. The Morgan fingerprint density at radius 1 is 1.56 bits per heavy atom. The fourth-order valence-electron chi connectivity index (χ4n) is 1.98. The molecule has 1 aliphatic rings. The zero-order valence-corrected chi connectivity index (χ0v) is 11.4. The molecular weight excluding hydrogens is 289 g/mol. The Bertz CT molecular complexity index is 421. The Morgan fingerprint density at radius 3 is 2.88 bits per heavy atom. The van der Waals surface area contributed by atoms with E-state index < -0.39 is 0 Å². The van der Waals surface area contributed by atoms with E-state index in [9.17, 15) is 4.79 Å². The molecule has 2 nitrogen and oxygen atoms in total. The van der Waals surface area contributed by atoms with Gasteiger partial charge in [0.15, 0.2) is 0 Å². The predicted octanol–water partition coefficient (Wildman–Crippen LogP) is 3.47. The monoisotopic (exact) mass is 301 g/mol. The van der Waals surface area contributed by atoms with Crippen LogP contribution in [-0.2, 0) is 11.3 Å². The van der Waals surface area contributed by atoms with Crippen LogP contribution in [-0.4, -0.2) is 17.4 Å². The van der Waals surface area contributed by atoms with E-state index in [1.54, 1.807) is 0 Å². The third-order valence-electron chi connectivity index (χ3n) is 2.78. The number of benzene rings is 1. The number of rotatable bonds is 2. The summed E-state index contributed by atoms with van der Waals surface area (Å²) in [5.41, 5.74) is 1.01. The Kier molecular flexibility index (Phi) is 3.55. The molecule has 0 bridgehead atoms. The Morgan fingerprint density at radius 2 is 2.31 bits per heavy atom. The zero-order chi connectivity index (χ0) is 11.7. The maximum absolute atomic E-state index is 11.6. The lowest BCUT2D eigenvalue weighted by molar-refractivity contribution is -0.128. The first-order chi connectivity index (χ1) is 7.56. The van der Waals surface area contributed by atoms with Gasteiger partial charge in [-0.3, -0.25) is 4.79 Å². The van der Waals surface area contributed by atoms with Crippen LogP contribution in [0.25, 0.3) is 0 Å². The summed E-state index contributed by atoms with van der Waals surface area (Å²) in [7, 11) is 0. The first kappa shape index (κ1) is 11.9. The van der Waals surface area contributed by atoms with Crippen LogP contribution in [0.3, 0.4) is 0 Å². The van der Waals surface area contributed by atoms with E-state index in [0.29, 0.717) is 23.9 Å². The van der Waals surface area contributed by atoms with Crippen molar-refractivity contribution < 1.29 is 4.79 Å². The van der Waals surface area contributed by atoms with Crippen molar-refractivity contribution in [1.29, 1.82) is 0 Å². The summed E-state index contributed by atoms with van der Waals surface area (Å²) in [6, 6.07) is 5.77. The molecule has 1 saturated heterocycles. The van der Waals surface area contributed by atoms with Crippen LogP contribution >= 0.6 is 27.5 Å². The molecule has 16 heavy (non-hydrogen) atoms. The van der Waals surface area contributed by atoms with Crippen LogP contribution in [0.1, 0.15) is 18.9 Å². The maximum atomic E-state index is 11.6. The van der Waals surface area contributed by atoms with Gasteiger partial charge < -0.3 is 4.90 Å². The molecule has 0 N–H and O–H groups in total. The van der Waals surface area contributed by atoms with Gasteiger partial charge in [-0.25, -0.2) is 0 Å². The molecule has 0 aliphatic carbocycles. The highest BCUT2D eigenvalue weighted by molar-refractivity contribution is 9.10. The average molecular weight is 303 g/mol. The highest BCUT2D eigenvalue weighted by Crippen LogP contribution is 2.25. The van der Waals surface area contributed by atoms with Crippen LogP contribution in [0.15, 0.2) is 22.7 Å². The van der Waals surface area contributed by atoms with Gasteiger partial charge in [-0.1, -0.05) is 40.5 Å². The van der Waals surface area contributed by atoms with E-state index in [4.69, 9.17) is 11.6 Å². The van der Waals surface area contributed by atoms with Crippen molar-refractivity contribution in [1.82, 2.24) is 4.90 Å². The molecule has 1 atom stereocenters. The van der Waals surface area contributed by atoms with Crippen LogP contribution in [0.5, 0.6) is 0 Å². The van der Waals surface area contributed by atoms with E-state index in [1.807, 2.05) is 23.1 Å². The number of halogens is 2. The Hall–Kier alpha value is -0.540. The SMILES string of the molecule is CC1CC(=O)N(Cc2ccc(Br)cc2Cl)C1. The average Bonchev–Trinajstić information content (AvgIpc) is 2.50. The predicted molar refractivity (Wildman–Crippen MR) is 68.4 cm³/mol. The molecule has 1 aromatic rings. The summed E-state index contributed by atoms with van der Waals surface area (Å²) in [6.07, 6.45) is 0.661. The molecule has 1 heterocycles. The highest BCUT2D eigenvalue weighted by Gasteiger charge is 2.26. The van der Waals surface area contributed by atoms with Crippen molar-refractivity contribution in [3.05, 3.63) is 33.3 Å². The Labute approximate surface area is 109 Å². The molecule has 1 unspecified atom stereocenters. The van der Waals surface area contributed by atoms with Crippen molar-refractivity contribution in [3.63, 3.8) is 0 Å². The van der Waals surface area contributed by atoms with Crippen molar-refractivity contribution >= 4 is 33.4 Å². The van der Waals surface area contributed by atoms with Gasteiger partial charge in [0, 0.05) is 29.0 Å². The summed E-state index contributed by atoms with van der Waals surface area (Å²) in [5, 5.41) is 0.710. The number of carbonyl (C=O) groups is 1. The fraction of sp³-hybridized carbons (Fsp3) is 0.417. The molecule has 2 rings (SSSR count). The third kappa shape index (κ3) is 2.58. The van der Waals surface area contributed by atoms with Crippen LogP contribution in [0.4, 0.5) is 0 Å². The summed E-state index contributed by atoms with van der Waals surface area (Å²) in [6.45, 7) is 3.56. The number of hydrogen-bond acceptors (Lipinski definition) is 1. The smallest absolute Gasteiger partial charge is 0.223 e. The second-order valence-electron chi connectivity index (χ2n) is 4.32. The van der Waals surface area contributed by atoms with E-state index >= 15 is 0 Å². The molecule has 1 aliphatic heterocycles. The van der Waals surface area contributed by atoms with Gasteiger partial charge in [-0.05, 0) is 23.6 Å². The minimum absolute atomic E-state index is 0.228. The highest BCUT2D eigenvalue weighted by atomic mass is 79.9. The second kappa shape index (κ2) is 4.76. The molecular formula is C12H13BrClNO. The molecule has 86 valence electrons. The summed E-state index contributed by atoms with van der Waals surface area (Å²) in [5.74, 6) is 0.688. The van der Waals surface area contributed by atoms with Crippen LogP contribution in [0.2, 0.25) is 5.02 Å². The number of nitrogens with zero attached hydrogens (tertiary/aromatic N) is 1. The van der Waals surface area contributed by atoms with Crippen molar-refractivity contribution in [2.24, 2.45) is 5.92 Å². The summed E-state index contributed by atoms with van der Waals surface area (Å²) >= 11 is 9.49. The number of carbonyl (C=O) groups excluding carboxylic acids is 1. The topological polar surface area (TPSA) is 20.3 Å². The summed E-state index contributed by atoms with van der Waals surface area (Å²) < 4.78 is 0.961.